The highest BCUT2D eigenvalue weighted by molar-refractivity contribution is 6.07. The quantitative estimate of drug-likeness (QED) is 0.449. The standard InChI is InChI=1S/C28H26/c1-19(2)27-25(17-13-22-8-6-5-7-9-22)28(23-14-10-20(3)11-15-23)24-16-12-21(4)18-26(24)27/h5-18H,1-4H3/b17-13+. The van der Waals surface area contributed by atoms with E-state index in [0.717, 1.165) is 0 Å². The van der Waals surface area contributed by atoms with Gasteiger partial charge in [-0.2, -0.15) is 0 Å². The second-order valence-electron chi connectivity index (χ2n) is 7.82. The van der Waals surface area contributed by atoms with Gasteiger partial charge in [0.2, 0.25) is 0 Å². The topological polar surface area (TPSA) is 0 Å². The van der Waals surface area contributed by atoms with E-state index in [1.807, 2.05) is 0 Å². The van der Waals surface area contributed by atoms with Crippen molar-refractivity contribution in [2.75, 3.05) is 0 Å². The van der Waals surface area contributed by atoms with Crippen molar-refractivity contribution >= 4 is 17.2 Å². The van der Waals surface area contributed by atoms with Crippen LogP contribution in [0.2, 0.25) is 0 Å². The number of hydrogen-bond donors (Lipinski definition) is 0. The minimum atomic E-state index is 1.22. The Balaban J connectivity index is 1.97. The Morgan fingerprint density at radius 3 is 2.04 bits per heavy atom. The molecule has 3 aromatic rings. The maximum Gasteiger partial charge on any atom is -0.00264 e. The lowest BCUT2D eigenvalue weighted by molar-refractivity contribution is 1.37. The Labute approximate surface area is 168 Å². The van der Waals surface area contributed by atoms with Crippen molar-refractivity contribution in [1.82, 2.24) is 0 Å². The van der Waals surface area contributed by atoms with Crippen LogP contribution < -0.4 is 0 Å². The van der Waals surface area contributed by atoms with Gasteiger partial charge in [-0.25, -0.2) is 0 Å². The van der Waals surface area contributed by atoms with Gasteiger partial charge in [0, 0.05) is 0 Å². The maximum atomic E-state index is 2.33. The van der Waals surface area contributed by atoms with Crippen LogP contribution in [0, 0.1) is 13.8 Å². The zero-order valence-electron chi connectivity index (χ0n) is 17.1. The molecule has 1 aliphatic carbocycles. The van der Waals surface area contributed by atoms with Gasteiger partial charge < -0.3 is 0 Å². The average molecular weight is 363 g/mol. The summed E-state index contributed by atoms with van der Waals surface area (Å²) in [6, 6.07) is 26.3. The van der Waals surface area contributed by atoms with Gasteiger partial charge in [0.15, 0.2) is 0 Å². The molecule has 0 heteroatoms. The number of benzene rings is 3. The summed E-state index contributed by atoms with van der Waals surface area (Å²) in [5, 5.41) is 0. The first-order valence-corrected chi connectivity index (χ1v) is 9.88. The van der Waals surface area contributed by atoms with Crippen molar-refractivity contribution in [3.63, 3.8) is 0 Å². The predicted octanol–water partition coefficient (Wildman–Crippen LogP) is 7.63. The van der Waals surface area contributed by atoms with Crippen molar-refractivity contribution in [1.29, 1.82) is 0 Å². The van der Waals surface area contributed by atoms with Gasteiger partial charge in [-0.05, 0) is 66.7 Å². The summed E-state index contributed by atoms with van der Waals surface area (Å²) < 4.78 is 0. The van der Waals surface area contributed by atoms with Gasteiger partial charge in [-0.15, -0.1) is 0 Å². The molecular weight excluding hydrogens is 336 g/mol. The van der Waals surface area contributed by atoms with Crippen LogP contribution >= 0.6 is 0 Å². The van der Waals surface area contributed by atoms with Crippen LogP contribution in [0.3, 0.4) is 0 Å². The molecule has 0 aliphatic heterocycles. The molecule has 0 aromatic heterocycles. The Hall–Kier alpha value is -3.12. The van der Waals surface area contributed by atoms with Gasteiger partial charge in [0.05, 0.1) is 0 Å². The fourth-order valence-corrected chi connectivity index (χ4v) is 3.98. The maximum absolute atomic E-state index is 2.33. The first kappa shape index (κ1) is 18.3. The molecule has 0 spiro atoms. The van der Waals surface area contributed by atoms with E-state index in [1.165, 1.54) is 55.7 Å². The molecule has 0 bridgehead atoms. The van der Waals surface area contributed by atoms with Crippen LogP contribution in [0.15, 0.2) is 90.0 Å². The lowest BCUT2D eigenvalue weighted by atomic mass is 9.95. The monoisotopic (exact) mass is 362 g/mol. The minimum absolute atomic E-state index is 1.22. The van der Waals surface area contributed by atoms with Gasteiger partial charge in [-0.3, -0.25) is 0 Å². The van der Waals surface area contributed by atoms with Crippen molar-refractivity contribution in [2.45, 2.75) is 27.7 Å². The van der Waals surface area contributed by atoms with E-state index in [0.29, 0.717) is 0 Å². The van der Waals surface area contributed by atoms with Crippen LogP contribution in [0.5, 0.6) is 0 Å². The molecule has 0 atom stereocenters. The van der Waals surface area contributed by atoms with E-state index in [9.17, 15) is 0 Å². The molecule has 0 saturated carbocycles. The van der Waals surface area contributed by atoms with Crippen LogP contribution in [0.1, 0.15) is 47.2 Å². The summed E-state index contributed by atoms with van der Waals surface area (Å²) in [5.41, 5.74) is 13.1. The average Bonchev–Trinajstić information content (AvgIpc) is 3.01. The van der Waals surface area contributed by atoms with Crippen molar-refractivity contribution in [2.24, 2.45) is 0 Å². The largest absolute Gasteiger partial charge is 0.0679 e. The summed E-state index contributed by atoms with van der Waals surface area (Å²) in [7, 11) is 0. The molecule has 3 aromatic carbocycles. The van der Waals surface area contributed by atoms with Crippen molar-refractivity contribution < 1.29 is 0 Å². The molecule has 138 valence electrons. The smallest absolute Gasteiger partial charge is 0.00264 e. The zero-order chi connectivity index (χ0) is 19.7. The fourth-order valence-electron chi connectivity index (χ4n) is 3.98. The Morgan fingerprint density at radius 2 is 1.36 bits per heavy atom. The van der Waals surface area contributed by atoms with Crippen LogP contribution in [-0.4, -0.2) is 0 Å². The van der Waals surface area contributed by atoms with Crippen molar-refractivity contribution in [3.8, 4) is 0 Å². The van der Waals surface area contributed by atoms with E-state index in [1.54, 1.807) is 0 Å². The van der Waals surface area contributed by atoms with Crippen LogP contribution in [-0.2, 0) is 0 Å². The normalized spacial score (nSPS) is 13.4. The second-order valence-corrected chi connectivity index (χ2v) is 7.82. The highest BCUT2D eigenvalue weighted by Gasteiger charge is 2.26. The third-order valence-electron chi connectivity index (χ3n) is 5.33. The molecule has 4 rings (SSSR count). The lowest BCUT2D eigenvalue weighted by Gasteiger charge is -2.08. The lowest BCUT2D eigenvalue weighted by Crippen LogP contribution is -1.88. The highest BCUT2D eigenvalue weighted by Crippen LogP contribution is 2.47. The third kappa shape index (κ3) is 3.39. The molecule has 0 saturated heterocycles. The molecule has 0 fully saturated rings. The summed E-state index contributed by atoms with van der Waals surface area (Å²) >= 11 is 0. The van der Waals surface area contributed by atoms with Gasteiger partial charge in [-0.1, -0.05) is 102 Å². The molecule has 0 radical (unpaired) electrons. The highest BCUT2D eigenvalue weighted by atomic mass is 14.3. The molecular formula is C28H26. The third-order valence-corrected chi connectivity index (χ3v) is 5.33. The second kappa shape index (κ2) is 7.48. The van der Waals surface area contributed by atoms with Crippen LogP contribution in [0.25, 0.3) is 17.2 Å². The summed E-state index contributed by atoms with van der Waals surface area (Å²) in [4.78, 5) is 0. The molecule has 0 nitrogen and oxygen atoms in total. The Morgan fingerprint density at radius 1 is 0.679 bits per heavy atom. The molecule has 28 heavy (non-hydrogen) atoms. The number of aryl methyl sites for hydroxylation is 2. The van der Waals surface area contributed by atoms with E-state index in [2.05, 4.69) is 113 Å². The van der Waals surface area contributed by atoms with E-state index in [-0.39, 0.29) is 0 Å². The first-order valence-electron chi connectivity index (χ1n) is 9.88. The van der Waals surface area contributed by atoms with E-state index >= 15 is 0 Å². The number of rotatable bonds is 3. The summed E-state index contributed by atoms with van der Waals surface area (Å²) in [6.45, 7) is 8.75. The Bertz CT molecular complexity index is 1100. The SMILES string of the molecule is CC(C)=C1C(/C=C/c2ccccc2)=C(c2ccc(C)cc2)c2ccc(C)cc21. The molecule has 0 heterocycles. The number of fused-ring (bicyclic) bond motifs is 1. The number of hydrogen-bond acceptors (Lipinski definition) is 0. The molecule has 0 unspecified atom stereocenters. The summed E-state index contributed by atoms with van der Waals surface area (Å²) in [5.74, 6) is 0. The first-order chi connectivity index (χ1) is 13.5. The van der Waals surface area contributed by atoms with Gasteiger partial charge in [0.25, 0.3) is 0 Å². The Kier molecular flexibility index (Phi) is 4.88. The van der Waals surface area contributed by atoms with E-state index < -0.39 is 0 Å². The number of allylic oxidation sites excluding steroid dienone is 4. The van der Waals surface area contributed by atoms with Gasteiger partial charge in [0.1, 0.15) is 0 Å². The minimum Gasteiger partial charge on any atom is -0.0679 e. The zero-order valence-corrected chi connectivity index (χ0v) is 17.1. The predicted molar refractivity (Wildman–Crippen MR) is 122 cm³/mol. The summed E-state index contributed by atoms with van der Waals surface area (Å²) in [6.07, 6.45) is 4.52. The molecule has 0 N–H and O–H groups in total. The van der Waals surface area contributed by atoms with Gasteiger partial charge >= 0.3 is 0 Å². The fraction of sp³-hybridized carbons (Fsp3) is 0.143. The van der Waals surface area contributed by atoms with Crippen molar-refractivity contribution in [3.05, 3.63) is 123 Å². The molecule has 0 amide bonds. The van der Waals surface area contributed by atoms with E-state index in [4.69, 9.17) is 0 Å². The van der Waals surface area contributed by atoms with Crippen LogP contribution in [0.4, 0.5) is 0 Å². The molecule has 1 aliphatic rings.